The molecule has 4 aromatic rings. The van der Waals surface area contributed by atoms with Gasteiger partial charge in [0.2, 0.25) is 0 Å². The van der Waals surface area contributed by atoms with Crippen LogP contribution in [0.4, 0.5) is 17.6 Å². The van der Waals surface area contributed by atoms with Gasteiger partial charge < -0.3 is 9.47 Å². The molecule has 6 nitrogen and oxygen atoms in total. The SMILES string of the molecule is C/C=C/CCc1ccc(C(=O)Oc2cc(F)c(C#N)c(F)c2)cc1.C=CCCc1ccc(C(=O)Oc2cc(F)c(C#N)c(F)c2)cc1. The van der Waals surface area contributed by atoms with Crippen molar-refractivity contribution in [1.29, 1.82) is 10.5 Å². The number of carbonyl (C=O) groups is 2. The minimum absolute atomic E-state index is 0.262. The molecule has 4 rings (SSSR count). The molecule has 0 radical (unpaired) electrons. The maximum absolute atomic E-state index is 13.5. The van der Waals surface area contributed by atoms with Gasteiger partial charge >= 0.3 is 11.9 Å². The van der Waals surface area contributed by atoms with Gasteiger partial charge in [0.1, 0.15) is 58.0 Å². The van der Waals surface area contributed by atoms with Gasteiger partial charge in [-0.15, -0.1) is 6.58 Å². The van der Waals surface area contributed by atoms with Crippen LogP contribution in [0.1, 0.15) is 62.7 Å². The molecule has 4 aromatic carbocycles. The molecule has 0 N–H and O–H groups in total. The number of allylic oxidation sites excluding steroid dienone is 3. The van der Waals surface area contributed by atoms with E-state index < -0.39 is 46.3 Å². The summed E-state index contributed by atoms with van der Waals surface area (Å²) in [4.78, 5) is 24.0. The summed E-state index contributed by atoms with van der Waals surface area (Å²) in [5.41, 5.74) is 1.22. The molecule has 0 spiro atoms. The number of rotatable bonds is 10. The highest BCUT2D eigenvalue weighted by atomic mass is 19.1. The second-order valence-electron chi connectivity index (χ2n) is 9.86. The minimum atomic E-state index is -1.07. The molecule has 0 aliphatic carbocycles. The van der Waals surface area contributed by atoms with Crippen LogP contribution in [0.3, 0.4) is 0 Å². The Balaban J connectivity index is 0.000000256. The number of halogens is 4. The summed E-state index contributed by atoms with van der Waals surface area (Å²) < 4.78 is 63.9. The van der Waals surface area contributed by atoms with Gasteiger partial charge in [-0.2, -0.15) is 10.5 Å². The van der Waals surface area contributed by atoms with Crippen LogP contribution in [0.15, 0.2) is 97.6 Å². The van der Waals surface area contributed by atoms with Gasteiger partial charge in [-0.05, 0) is 68.0 Å². The Hall–Kier alpha value is -6.00. The molecule has 47 heavy (non-hydrogen) atoms. The molecule has 0 aliphatic rings. The van der Waals surface area contributed by atoms with Crippen molar-refractivity contribution in [1.82, 2.24) is 0 Å². The Morgan fingerprint density at radius 2 is 1.04 bits per heavy atom. The van der Waals surface area contributed by atoms with Gasteiger partial charge in [-0.3, -0.25) is 0 Å². The second-order valence-corrected chi connectivity index (χ2v) is 9.86. The lowest BCUT2D eigenvalue weighted by Gasteiger charge is -2.06. The van der Waals surface area contributed by atoms with Crippen molar-refractivity contribution in [3.05, 3.63) is 154 Å². The smallest absolute Gasteiger partial charge is 0.343 e. The summed E-state index contributed by atoms with van der Waals surface area (Å²) in [5, 5.41) is 17.2. The van der Waals surface area contributed by atoms with E-state index in [1.807, 2.05) is 13.0 Å². The fourth-order valence-corrected chi connectivity index (χ4v) is 4.06. The van der Waals surface area contributed by atoms with E-state index in [1.165, 1.54) is 12.1 Å². The van der Waals surface area contributed by atoms with Crippen molar-refractivity contribution >= 4 is 11.9 Å². The molecule has 0 saturated carbocycles. The fraction of sp³-hybridized carbons (Fsp3) is 0.135. The lowest BCUT2D eigenvalue weighted by molar-refractivity contribution is 0.0724. The van der Waals surface area contributed by atoms with E-state index in [4.69, 9.17) is 20.0 Å². The zero-order chi connectivity index (χ0) is 34.3. The molecule has 0 atom stereocenters. The first-order valence-corrected chi connectivity index (χ1v) is 14.2. The molecular weight excluding hydrogens is 612 g/mol. The Kier molecular flexibility index (Phi) is 13.2. The standard InChI is InChI=1S/C19H15F2NO2.C18H13F2NO2/c1-2-3-4-5-13-6-8-14(9-7-13)19(23)24-15-10-17(20)16(12-22)18(21)11-15;1-2-3-4-12-5-7-13(8-6-12)18(22)23-14-9-16(19)15(11-21)17(20)10-14/h2-3,6-11H,4-5H2,1H3;2,5-10H,1,3-4H2/b3-2+;. The van der Waals surface area contributed by atoms with E-state index in [2.05, 4.69) is 12.7 Å². The van der Waals surface area contributed by atoms with Crippen molar-refractivity contribution in [2.75, 3.05) is 0 Å². The third kappa shape index (κ3) is 10.3. The molecule has 0 heterocycles. The Morgan fingerprint density at radius 3 is 1.36 bits per heavy atom. The summed E-state index contributed by atoms with van der Waals surface area (Å²) in [6.07, 6.45) is 9.22. The number of hydrogen-bond donors (Lipinski definition) is 0. The first-order valence-electron chi connectivity index (χ1n) is 14.2. The Morgan fingerprint density at radius 1 is 0.681 bits per heavy atom. The fourth-order valence-electron chi connectivity index (χ4n) is 4.06. The largest absolute Gasteiger partial charge is 0.423 e. The predicted molar refractivity (Wildman–Crippen MR) is 167 cm³/mol. The third-order valence-corrected chi connectivity index (χ3v) is 6.53. The van der Waals surface area contributed by atoms with Gasteiger partial charge in [0.25, 0.3) is 0 Å². The van der Waals surface area contributed by atoms with E-state index >= 15 is 0 Å². The van der Waals surface area contributed by atoms with Gasteiger partial charge in [0, 0.05) is 24.3 Å². The number of aryl methyl sites for hydroxylation is 2. The van der Waals surface area contributed by atoms with Crippen molar-refractivity contribution in [2.24, 2.45) is 0 Å². The van der Waals surface area contributed by atoms with Crippen LogP contribution >= 0.6 is 0 Å². The number of ether oxygens (including phenoxy) is 2. The van der Waals surface area contributed by atoms with E-state index in [9.17, 15) is 27.2 Å². The summed E-state index contributed by atoms with van der Waals surface area (Å²) in [6, 6.07) is 19.6. The van der Waals surface area contributed by atoms with Crippen LogP contribution in [0.5, 0.6) is 11.5 Å². The number of benzene rings is 4. The first kappa shape index (κ1) is 35.5. The average molecular weight is 641 g/mol. The number of nitriles is 2. The molecule has 0 bridgehead atoms. The lowest BCUT2D eigenvalue weighted by atomic mass is 10.1. The number of hydrogen-bond acceptors (Lipinski definition) is 6. The highest BCUT2D eigenvalue weighted by Crippen LogP contribution is 2.22. The highest BCUT2D eigenvalue weighted by Gasteiger charge is 2.16. The maximum Gasteiger partial charge on any atom is 0.343 e. The lowest BCUT2D eigenvalue weighted by Crippen LogP contribution is -2.09. The average Bonchev–Trinajstić information content (AvgIpc) is 3.04. The molecule has 0 amide bonds. The van der Waals surface area contributed by atoms with Crippen molar-refractivity contribution in [2.45, 2.75) is 32.6 Å². The van der Waals surface area contributed by atoms with Crippen molar-refractivity contribution < 1.29 is 36.6 Å². The summed E-state index contributed by atoms with van der Waals surface area (Å²) in [7, 11) is 0. The van der Waals surface area contributed by atoms with Crippen LogP contribution in [0.25, 0.3) is 0 Å². The van der Waals surface area contributed by atoms with Gasteiger partial charge in [-0.25, -0.2) is 27.2 Å². The van der Waals surface area contributed by atoms with Crippen LogP contribution in [-0.2, 0) is 12.8 Å². The number of carbonyl (C=O) groups excluding carboxylic acids is 2. The van der Waals surface area contributed by atoms with E-state index in [0.29, 0.717) is 0 Å². The molecular formula is C37H28F4N2O4. The van der Waals surface area contributed by atoms with Crippen LogP contribution in [0.2, 0.25) is 0 Å². The summed E-state index contributed by atoms with van der Waals surface area (Å²) >= 11 is 0. The molecule has 10 heteroatoms. The predicted octanol–water partition coefficient (Wildman–Crippen LogP) is 8.74. The quantitative estimate of drug-likeness (QED) is 0.0744. The zero-order valence-corrected chi connectivity index (χ0v) is 25.2. The summed E-state index contributed by atoms with van der Waals surface area (Å²) in [5.74, 6) is -6.32. The third-order valence-electron chi connectivity index (χ3n) is 6.53. The van der Waals surface area contributed by atoms with Crippen LogP contribution in [-0.4, -0.2) is 11.9 Å². The summed E-state index contributed by atoms with van der Waals surface area (Å²) in [6.45, 7) is 5.59. The van der Waals surface area contributed by atoms with Crippen molar-refractivity contribution in [3.8, 4) is 23.6 Å². The normalized spacial score (nSPS) is 10.3. The number of nitrogens with zero attached hydrogens (tertiary/aromatic N) is 2. The molecule has 0 unspecified atom stereocenters. The van der Waals surface area contributed by atoms with E-state index in [-0.39, 0.29) is 22.6 Å². The molecule has 238 valence electrons. The molecule has 0 aromatic heterocycles. The maximum atomic E-state index is 13.5. The van der Waals surface area contributed by atoms with E-state index in [1.54, 1.807) is 54.6 Å². The molecule has 0 fully saturated rings. The van der Waals surface area contributed by atoms with Crippen molar-refractivity contribution in [3.63, 3.8) is 0 Å². The Labute approximate surface area is 269 Å². The van der Waals surface area contributed by atoms with Gasteiger partial charge in [0.05, 0.1) is 11.1 Å². The zero-order valence-electron chi connectivity index (χ0n) is 25.2. The van der Waals surface area contributed by atoms with Crippen LogP contribution < -0.4 is 9.47 Å². The highest BCUT2D eigenvalue weighted by molar-refractivity contribution is 5.91. The topological polar surface area (TPSA) is 100 Å². The van der Waals surface area contributed by atoms with Gasteiger partial charge in [0.15, 0.2) is 0 Å². The second kappa shape index (κ2) is 17.5. The molecule has 0 saturated heterocycles. The van der Waals surface area contributed by atoms with Crippen LogP contribution in [0, 0.1) is 45.9 Å². The molecule has 0 aliphatic heterocycles. The Bertz CT molecular complexity index is 1810. The minimum Gasteiger partial charge on any atom is -0.423 e. The monoisotopic (exact) mass is 640 g/mol. The van der Waals surface area contributed by atoms with E-state index in [0.717, 1.165) is 61.1 Å². The van der Waals surface area contributed by atoms with Gasteiger partial charge in [-0.1, -0.05) is 42.5 Å². The number of esters is 2. The first-order chi connectivity index (χ1) is 22.6.